The minimum absolute atomic E-state index is 0.0374. The van der Waals surface area contributed by atoms with E-state index in [1.807, 2.05) is 6.92 Å². The first-order valence-electron chi connectivity index (χ1n) is 10.2. The second-order valence-electron chi connectivity index (χ2n) is 10.1. The van der Waals surface area contributed by atoms with E-state index < -0.39 is 0 Å². The smallest absolute Gasteiger partial charge is 0.0545 e. The van der Waals surface area contributed by atoms with Gasteiger partial charge in [0.05, 0.1) is 12.2 Å². The minimum atomic E-state index is -0.140. The Kier molecular flexibility index (Phi) is 3.89. The SMILES string of the molecule is CC(O)C1CC[C@H]2[C@@H]3CC[C@H]4CC(O)CC[C@]4(C)[C@@H]3CC[C@]12C. The van der Waals surface area contributed by atoms with Gasteiger partial charge in [0.25, 0.3) is 0 Å². The molecule has 0 aromatic carbocycles. The van der Waals surface area contributed by atoms with Gasteiger partial charge in [-0.15, -0.1) is 0 Å². The van der Waals surface area contributed by atoms with E-state index in [-0.39, 0.29) is 12.2 Å². The molecule has 3 unspecified atom stereocenters. The molecule has 23 heavy (non-hydrogen) atoms. The summed E-state index contributed by atoms with van der Waals surface area (Å²) in [4.78, 5) is 0. The highest BCUT2D eigenvalue weighted by Gasteiger charge is 2.60. The van der Waals surface area contributed by atoms with E-state index in [1.54, 1.807) is 0 Å². The molecule has 132 valence electrons. The van der Waals surface area contributed by atoms with E-state index in [1.165, 1.54) is 44.9 Å². The van der Waals surface area contributed by atoms with E-state index in [9.17, 15) is 10.2 Å². The van der Waals surface area contributed by atoms with Crippen LogP contribution in [-0.4, -0.2) is 22.4 Å². The number of aliphatic hydroxyl groups excluding tert-OH is 2. The first-order valence-corrected chi connectivity index (χ1v) is 10.2. The van der Waals surface area contributed by atoms with Crippen molar-refractivity contribution in [3.8, 4) is 0 Å². The third-order valence-corrected chi connectivity index (χ3v) is 9.29. The van der Waals surface area contributed by atoms with Crippen molar-refractivity contribution in [1.29, 1.82) is 0 Å². The van der Waals surface area contributed by atoms with Crippen molar-refractivity contribution in [3.05, 3.63) is 0 Å². The van der Waals surface area contributed by atoms with Crippen LogP contribution in [0.3, 0.4) is 0 Å². The molecule has 2 nitrogen and oxygen atoms in total. The first-order chi connectivity index (χ1) is 10.9. The van der Waals surface area contributed by atoms with Gasteiger partial charge in [-0.3, -0.25) is 0 Å². The summed E-state index contributed by atoms with van der Waals surface area (Å²) in [6, 6.07) is 0. The molecule has 0 heterocycles. The van der Waals surface area contributed by atoms with Crippen LogP contribution in [0.4, 0.5) is 0 Å². The fourth-order valence-corrected chi connectivity index (χ4v) is 8.07. The molecule has 2 heteroatoms. The van der Waals surface area contributed by atoms with Crippen molar-refractivity contribution in [2.24, 2.45) is 40.4 Å². The molecule has 0 aromatic heterocycles. The van der Waals surface area contributed by atoms with Gasteiger partial charge in [-0.05, 0) is 105 Å². The molecule has 0 radical (unpaired) electrons. The maximum absolute atomic E-state index is 10.3. The molecule has 0 bridgehead atoms. The summed E-state index contributed by atoms with van der Waals surface area (Å²) >= 11 is 0. The van der Waals surface area contributed by atoms with Crippen LogP contribution in [0, 0.1) is 40.4 Å². The molecule has 0 aliphatic heterocycles. The standard InChI is InChI=1S/C21H36O2/c1-13(22)17-6-7-18-16-5-4-14-12-15(23)8-10-20(14,2)19(16)9-11-21(17,18)3/h13-19,22-23H,4-12H2,1-3H3/t13?,14-,15?,16-,17?,18-,19+,20-,21+/m0/s1. The second kappa shape index (κ2) is 5.46. The lowest BCUT2D eigenvalue weighted by molar-refractivity contribution is -0.132. The van der Waals surface area contributed by atoms with Gasteiger partial charge in [0.1, 0.15) is 0 Å². The Bertz CT molecular complexity index is 461. The highest BCUT2D eigenvalue weighted by atomic mass is 16.3. The Morgan fingerprint density at radius 1 is 0.870 bits per heavy atom. The van der Waals surface area contributed by atoms with Crippen molar-refractivity contribution in [3.63, 3.8) is 0 Å². The molecule has 4 rings (SSSR count). The van der Waals surface area contributed by atoms with Crippen LogP contribution in [0.2, 0.25) is 0 Å². The van der Waals surface area contributed by atoms with Crippen LogP contribution < -0.4 is 0 Å². The van der Waals surface area contributed by atoms with Crippen molar-refractivity contribution in [1.82, 2.24) is 0 Å². The van der Waals surface area contributed by atoms with Gasteiger partial charge in [0.2, 0.25) is 0 Å². The molecular weight excluding hydrogens is 284 g/mol. The van der Waals surface area contributed by atoms with E-state index in [2.05, 4.69) is 13.8 Å². The highest BCUT2D eigenvalue weighted by Crippen LogP contribution is 2.67. The largest absolute Gasteiger partial charge is 0.393 e. The average molecular weight is 321 g/mol. The van der Waals surface area contributed by atoms with E-state index in [0.717, 1.165) is 36.5 Å². The molecule has 4 fully saturated rings. The lowest BCUT2D eigenvalue weighted by Gasteiger charge is -2.61. The number of aliphatic hydroxyl groups is 2. The average Bonchev–Trinajstić information content (AvgIpc) is 2.85. The second-order valence-corrected chi connectivity index (χ2v) is 10.1. The van der Waals surface area contributed by atoms with Gasteiger partial charge in [-0.1, -0.05) is 13.8 Å². The predicted octanol–water partition coefficient (Wildman–Crippen LogP) is 4.39. The zero-order valence-corrected chi connectivity index (χ0v) is 15.3. The highest BCUT2D eigenvalue weighted by molar-refractivity contribution is 5.09. The van der Waals surface area contributed by atoms with Crippen molar-refractivity contribution in [2.75, 3.05) is 0 Å². The van der Waals surface area contributed by atoms with Crippen LogP contribution in [0.5, 0.6) is 0 Å². The van der Waals surface area contributed by atoms with Crippen LogP contribution in [0.1, 0.15) is 78.6 Å². The Balaban J connectivity index is 1.60. The molecule has 4 aliphatic carbocycles. The molecule has 0 spiro atoms. The maximum atomic E-state index is 10.3. The number of hydrogen-bond acceptors (Lipinski definition) is 2. The Morgan fingerprint density at radius 3 is 2.30 bits per heavy atom. The van der Waals surface area contributed by atoms with Crippen LogP contribution in [0.25, 0.3) is 0 Å². The van der Waals surface area contributed by atoms with Crippen LogP contribution >= 0.6 is 0 Å². The maximum Gasteiger partial charge on any atom is 0.0545 e. The summed E-state index contributed by atoms with van der Waals surface area (Å²) in [7, 11) is 0. The lowest BCUT2D eigenvalue weighted by atomic mass is 9.44. The fraction of sp³-hybridized carbons (Fsp3) is 1.00. The molecule has 2 N–H and O–H groups in total. The van der Waals surface area contributed by atoms with E-state index >= 15 is 0 Å². The van der Waals surface area contributed by atoms with E-state index in [4.69, 9.17) is 0 Å². The Hall–Kier alpha value is -0.0800. The van der Waals surface area contributed by atoms with Crippen LogP contribution in [-0.2, 0) is 0 Å². The summed E-state index contributed by atoms with van der Waals surface area (Å²) in [6.07, 6.45) is 11.1. The molecule has 4 aliphatic rings. The van der Waals surface area contributed by atoms with Gasteiger partial charge >= 0.3 is 0 Å². The first kappa shape index (κ1) is 16.4. The minimum Gasteiger partial charge on any atom is -0.393 e. The van der Waals surface area contributed by atoms with Crippen LogP contribution in [0.15, 0.2) is 0 Å². The topological polar surface area (TPSA) is 40.5 Å². The summed E-state index contributed by atoms with van der Waals surface area (Å²) < 4.78 is 0. The Morgan fingerprint density at radius 2 is 1.57 bits per heavy atom. The van der Waals surface area contributed by atoms with Crippen molar-refractivity contribution >= 4 is 0 Å². The number of fused-ring (bicyclic) bond motifs is 5. The molecule has 9 atom stereocenters. The molecular formula is C21H36O2. The van der Waals surface area contributed by atoms with Gasteiger partial charge < -0.3 is 10.2 Å². The third-order valence-electron chi connectivity index (χ3n) is 9.29. The summed E-state index contributed by atoms with van der Waals surface area (Å²) in [5.74, 6) is 3.87. The van der Waals surface area contributed by atoms with Gasteiger partial charge in [-0.2, -0.15) is 0 Å². The molecule has 0 saturated heterocycles. The third kappa shape index (κ3) is 2.27. The molecule has 0 amide bonds. The number of hydrogen-bond donors (Lipinski definition) is 2. The Labute approximate surface area is 142 Å². The normalized spacial score (nSPS) is 57.3. The molecule has 0 aromatic rings. The zero-order valence-electron chi connectivity index (χ0n) is 15.3. The molecule has 4 saturated carbocycles. The fourth-order valence-electron chi connectivity index (χ4n) is 8.07. The van der Waals surface area contributed by atoms with Gasteiger partial charge in [0, 0.05) is 0 Å². The summed E-state index contributed by atoms with van der Waals surface area (Å²) in [6.45, 7) is 7.08. The van der Waals surface area contributed by atoms with Gasteiger partial charge in [-0.25, -0.2) is 0 Å². The number of rotatable bonds is 1. The van der Waals surface area contributed by atoms with Crippen molar-refractivity contribution in [2.45, 2.75) is 90.8 Å². The summed E-state index contributed by atoms with van der Waals surface area (Å²) in [5.41, 5.74) is 0.860. The van der Waals surface area contributed by atoms with Crippen molar-refractivity contribution < 1.29 is 10.2 Å². The lowest BCUT2D eigenvalue weighted by Crippen LogP contribution is -2.54. The quantitative estimate of drug-likeness (QED) is 0.752. The van der Waals surface area contributed by atoms with E-state index in [0.29, 0.717) is 16.7 Å². The van der Waals surface area contributed by atoms with Gasteiger partial charge in [0.15, 0.2) is 0 Å². The monoisotopic (exact) mass is 320 g/mol. The zero-order chi connectivity index (χ0) is 16.4. The predicted molar refractivity (Wildman–Crippen MR) is 92.9 cm³/mol. The summed E-state index contributed by atoms with van der Waals surface area (Å²) in [5, 5.41) is 20.4.